The van der Waals surface area contributed by atoms with Crippen LogP contribution in [0.25, 0.3) is 0 Å². The summed E-state index contributed by atoms with van der Waals surface area (Å²) in [5.41, 5.74) is 2.43. The Morgan fingerprint density at radius 2 is 1.65 bits per heavy atom. The number of halogens is 1. The number of rotatable bonds is 4. The molecule has 3 rings (SSSR count). The molecule has 1 aliphatic rings. The average molecular weight is 344 g/mol. The van der Waals surface area contributed by atoms with E-state index < -0.39 is 0 Å². The summed E-state index contributed by atoms with van der Waals surface area (Å²) in [5, 5.41) is 0. The number of benzene rings is 2. The average Bonchev–Trinajstić information content (AvgIpc) is 3.01. The molecule has 0 spiro atoms. The van der Waals surface area contributed by atoms with E-state index in [-0.39, 0.29) is 0 Å². The Labute approximate surface area is 132 Å². The van der Waals surface area contributed by atoms with Crippen LogP contribution in [0.3, 0.4) is 0 Å². The van der Waals surface area contributed by atoms with Gasteiger partial charge in [0.25, 0.3) is 0 Å². The lowest BCUT2D eigenvalue weighted by Gasteiger charge is -2.15. The second-order valence-electron chi connectivity index (χ2n) is 4.52. The van der Waals surface area contributed by atoms with Gasteiger partial charge in [-0.3, -0.25) is 0 Å². The van der Waals surface area contributed by atoms with E-state index in [2.05, 4.69) is 75.3 Å². The molecule has 0 fully saturated rings. The highest BCUT2D eigenvalue weighted by atomic mass is 79.9. The second kappa shape index (κ2) is 6.33. The minimum atomic E-state index is 0.368. The van der Waals surface area contributed by atoms with Crippen LogP contribution in [0, 0.1) is 0 Å². The largest absolute Gasteiger partial charge is 0.326 e. The van der Waals surface area contributed by atoms with E-state index in [1.54, 1.807) is 11.9 Å². The van der Waals surface area contributed by atoms with E-state index in [0.29, 0.717) is 5.92 Å². The summed E-state index contributed by atoms with van der Waals surface area (Å²) >= 11 is 5.31. The molecule has 1 aliphatic carbocycles. The highest BCUT2D eigenvalue weighted by Gasteiger charge is 2.14. The van der Waals surface area contributed by atoms with Gasteiger partial charge in [0.2, 0.25) is 0 Å². The standard InChI is InChI=1S/C17H14BrNS/c18-16-12-6-11-15(13-7-4-5-8-13)17(16)20-19-14-9-2-1-3-10-14/h1-13,19H. The minimum absolute atomic E-state index is 0.368. The van der Waals surface area contributed by atoms with Crippen LogP contribution in [-0.4, -0.2) is 0 Å². The van der Waals surface area contributed by atoms with Crippen molar-refractivity contribution in [3.05, 3.63) is 82.9 Å². The molecule has 0 radical (unpaired) electrons. The second-order valence-corrected chi connectivity index (χ2v) is 6.19. The van der Waals surface area contributed by atoms with E-state index in [1.807, 2.05) is 18.2 Å². The summed E-state index contributed by atoms with van der Waals surface area (Å²) in [6.07, 6.45) is 8.64. The van der Waals surface area contributed by atoms with Gasteiger partial charge in [0.1, 0.15) is 0 Å². The Kier molecular flexibility index (Phi) is 4.28. The zero-order valence-electron chi connectivity index (χ0n) is 10.8. The van der Waals surface area contributed by atoms with E-state index in [0.717, 1.165) is 10.2 Å². The first-order valence-electron chi connectivity index (χ1n) is 6.46. The van der Waals surface area contributed by atoms with Gasteiger partial charge in [-0.25, -0.2) is 0 Å². The van der Waals surface area contributed by atoms with Gasteiger partial charge < -0.3 is 4.72 Å². The number of anilines is 1. The first kappa shape index (κ1) is 13.5. The fourth-order valence-electron chi connectivity index (χ4n) is 2.15. The number of hydrogen-bond acceptors (Lipinski definition) is 2. The van der Waals surface area contributed by atoms with Crippen molar-refractivity contribution in [2.45, 2.75) is 10.8 Å². The number of para-hydroxylation sites is 1. The molecule has 0 aromatic heterocycles. The number of allylic oxidation sites excluding steroid dienone is 4. The third kappa shape index (κ3) is 3.00. The Morgan fingerprint density at radius 3 is 2.40 bits per heavy atom. The third-order valence-corrected chi connectivity index (χ3v) is 5.07. The molecule has 3 heteroatoms. The fourth-order valence-corrected chi connectivity index (χ4v) is 3.62. The summed E-state index contributed by atoms with van der Waals surface area (Å²) in [5.74, 6) is 0.368. The molecule has 2 aromatic carbocycles. The lowest BCUT2D eigenvalue weighted by molar-refractivity contribution is 1.04. The maximum Gasteiger partial charge on any atom is 0.0468 e. The van der Waals surface area contributed by atoms with Crippen molar-refractivity contribution in [1.29, 1.82) is 0 Å². The normalized spacial score (nSPS) is 13.8. The van der Waals surface area contributed by atoms with Gasteiger partial charge in [0.05, 0.1) is 0 Å². The summed E-state index contributed by atoms with van der Waals surface area (Å²) in [7, 11) is 0. The predicted octanol–water partition coefficient (Wildman–Crippen LogP) is 5.78. The van der Waals surface area contributed by atoms with Crippen molar-refractivity contribution in [1.82, 2.24) is 0 Å². The maximum absolute atomic E-state index is 3.66. The van der Waals surface area contributed by atoms with Gasteiger partial charge in [0, 0.05) is 21.0 Å². The number of hydrogen-bond donors (Lipinski definition) is 1. The predicted molar refractivity (Wildman–Crippen MR) is 91.1 cm³/mol. The van der Waals surface area contributed by atoms with E-state index in [4.69, 9.17) is 0 Å². The molecule has 0 atom stereocenters. The van der Waals surface area contributed by atoms with Gasteiger partial charge in [-0.15, -0.1) is 0 Å². The summed E-state index contributed by atoms with van der Waals surface area (Å²) in [6, 6.07) is 16.6. The minimum Gasteiger partial charge on any atom is -0.326 e. The monoisotopic (exact) mass is 343 g/mol. The summed E-state index contributed by atoms with van der Waals surface area (Å²) in [4.78, 5) is 1.23. The molecule has 0 saturated carbocycles. The van der Waals surface area contributed by atoms with Gasteiger partial charge in [0.15, 0.2) is 0 Å². The van der Waals surface area contributed by atoms with Crippen LogP contribution in [0.1, 0.15) is 11.5 Å². The smallest absolute Gasteiger partial charge is 0.0468 e. The Hall–Kier alpha value is -1.45. The highest BCUT2D eigenvalue weighted by Crippen LogP contribution is 2.37. The van der Waals surface area contributed by atoms with Crippen molar-refractivity contribution < 1.29 is 0 Å². The maximum atomic E-state index is 3.66. The lowest BCUT2D eigenvalue weighted by Crippen LogP contribution is -1.96. The first-order chi connectivity index (χ1) is 9.84. The van der Waals surface area contributed by atoms with Crippen molar-refractivity contribution in [2.24, 2.45) is 0 Å². The molecule has 20 heavy (non-hydrogen) atoms. The van der Waals surface area contributed by atoms with Crippen LogP contribution in [0.2, 0.25) is 0 Å². The Bertz CT molecular complexity index is 637. The van der Waals surface area contributed by atoms with Crippen molar-refractivity contribution >= 4 is 33.6 Å². The topological polar surface area (TPSA) is 12.0 Å². The fraction of sp³-hybridized carbons (Fsp3) is 0.0588. The van der Waals surface area contributed by atoms with Gasteiger partial charge in [-0.1, -0.05) is 54.6 Å². The van der Waals surface area contributed by atoms with E-state index in [9.17, 15) is 0 Å². The first-order valence-corrected chi connectivity index (χ1v) is 8.07. The van der Waals surface area contributed by atoms with E-state index >= 15 is 0 Å². The van der Waals surface area contributed by atoms with Crippen LogP contribution in [0.5, 0.6) is 0 Å². The molecule has 0 bridgehead atoms. The van der Waals surface area contributed by atoms with Crippen LogP contribution >= 0.6 is 27.9 Å². The molecule has 0 saturated heterocycles. The molecule has 0 aliphatic heterocycles. The van der Waals surface area contributed by atoms with Gasteiger partial charge >= 0.3 is 0 Å². The summed E-state index contributed by atoms with van der Waals surface area (Å²) in [6.45, 7) is 0. The molecular formula is C17H14BrNS. The van der Waals surface area contributed by atoms with Gasteiger partial charge in [-0.2, -0.15) is 0 Å². The molecule has 1 N–H and O–H groups in total. The van der Waals surface area contributed by atoms with E-state index in [1.165, 1.54) is 10.5 Å². The highest BCUT2D eigenvalue weighted by molar-refractivity contribution is 9.10. The van der Waals surface area contributed by atoms with Crippen LogP contribution in [0.15, 0.2) is 82.2 Å². The molecule has 100 valence electrons. The molecular weight excluding hydrogens is 330 g/mol. The Morgan fingerprint density at radius 1 is 0.900 bits per heavy atom. The zero-order chi connectivity index (χ0) is 13.8. The van der Waals surface area contributed by atoms with Crippen molar-refractivity contribution in [3.8, 4) is 0 Å². The van der Waals surface area contributed by atoms with Crippen molar-refractivity contribution in [3.63, 3.8) is 0 Å². The molecule has 0 unspecified atom stereocenters. The van der Waals surface area contributed by atoms with Crippen molar-refractivity contribution in [2.75, 3.05) is 4.72 Å². The zero-order valence-corrected chi connectivity index (χ0v) is 13.2. The molecule has 0 amide bonds. The van der Waals surface area contributed by atoms with Crippen LogP contribution in [0.4, 0.5) is 5.69 Å². The third-order valence-electron chi connectivity index (χ3n) is 3.15. The molecule has 2 aromatic rings. The van der Waals surface area contributed by atoms with Crippen LogP contribution < -0.4 is 4.72 Å². The summed E-state index contributed by atoms with van der Waals surface area (Å²) < 4.78 is 4.53. The van der Waals surface area contributed by atoms with Gasteiger partial charge in [-0.05, 0) is 51.6 Å². The SMILES string of the molecule is Brc1cccc(C2C=CC=C2)c1SNc1ccccc1. The quantitative estimate of drug-likeness (QED) is 0.706. The van der Waals surface area contributed by atoms with Crippen LogP contribution in [-0.2, 0) is 0 Å². The Balaban J connectivity index is 1.85. The molecule has 0 heterocycles. The molecule has 1 nitrogen and oxygen atoms in total. The lowest BCUT2D eigenvalue weighted by atomic mass is 10.0. The number of nitrogens with one attached hydrogen (secondary N) is 1.